The molecule has 16 heavy (non-hydrogen) atoms. The van der Waals surface area contributed by atoms with E-state index < -0.39 is 0 Å². The molecule has 0 heterocycles. The van der Waals surface area contributed by atoms with Crippen molar-refractivity contribution in [3.05, 3.63) is 0 Å². The fourth-order valence-corrected chi connectivity index (χ4v) is 1.72. The Hall–Kier alpha value is -0.570. The first-order valence-electron chi connectivity index (χ1n) is 6.78. The van der Waals surface area contributed by atoms with E-state index in [2.05, 4.69) is 12.2 Å². The normalized spacial score (nSPS) is 10.4. The summed E-state index contributed by atoms with van der Waals surface area (Å²) in [6.45, 7) is 3.37. The molecule has 0 aliphatic carbocycles. The smallest absolute Gasteiger partial charge is 0.220 e. The maximum atomic E-state index is 11.2. The Kier molecular flexibility index (Phi) is 12.1. The first-order valence-corrected chi connectivity index (χ1v) is 6.78. The number of unbranched alkanes of at least 4 members (excludes halogenated alkanes) is 7. The van der Waals surface area contributed by atoms with Crippen molar-refractivity contribution in [1.82, 2.24) is 5.32 Å². The van der Waals surface area contributed by atoms with E-state index in [0.717, 1.165) is 6.42 Å². The van der Waals surface area contributed by atoms with E-state index in [1.165, 1.54) is 44.9 Å². The first-order chi connectivity index (χ1) is 7.81. The van der Waals surface area contributed by atoms with Gasteiger partial charge in [0, 0.05) is 19.5 Å². The third-order valence-electron chi connectivity index (χ3n) is 2.72. The molecule has 0 unspecified atom stereocenters. The molecule has 0 aromatic rings. The van der Waals surface area contributed by atoms with Crippen LogP contribution in [0.25, 0.3) is 0 Å². The van der Waals surface area contributed by atoms with E-state index in [1.54, 1.807) is 0 Å². The van der Waals surface area contributed by atoms with Crippen LogP contribution in [0, 0.1) is 0 Å². The second-order valence-electron chi connectivity index (χ2n) is 4.36. The molecule has 3 nitrogen and oxygen atoms in total. The molecule has 0 radical (unpaired) electrons. The van der Waals surface area contributed by atoms with Crippen molar-refractivity contribution < 1.29 is 4.79 Å². The third-order valence-corrected chi connectivity index (χ3v) is 2.72. The molecule has 0 saturated heterocycles. The lowest BCUT2D eigenvalue weighted by molar-refractivity contribution is -0.121. The van der Waals surface area contributed by atoms with E-state index in [-0.39, 0.29) is 5.91 Å². The van der Waals surface area contributed by atoms with Gasteiger partial charge in [0.1, 0.15) is 0 Å². The second kappa shape index (κ2) is 12.5. The molecular formula is C13H28N2O. The topological polar surface area (TPSA) is 55.1 Å². The van der Waals surface area contributed by atoms with Crippen LogP contribution in [0.1, 0.15) is 64.7 Å². The second-order valence-corrected chi connectivity index (χ2v) is 4.36. The van der Waals surface area contributed by atoms with Crippen LogP contribution in [-0.4, -0.2) is 19.0 Å². The summed E-state index contributed by atoms with van der Waals surface area (Å²) >= 11 is 0. The fourth-order valence-electron chi connectivity index (χ4n) is 1.72. The third kappa shape index (κ3) is 11.5. The van der Waals surface area contributed by atoms with Crippen LogP contribution in [0.3, 0.4) is 0 Å². The predicted octanol–water partition coefficient (Wildman–Crippen LogP) is 2.59. The molecule has 0 aliphatic heterocycles. The Morgan fingerprint density at radius 3 is 2.12 bits per heavy atom. The van der Waals surface area contributed by atoms with Gasteiger partial charge in [0.15, 0.2) is 0 Å². The van der Waals surface area contributed by atoms with Gasteiger partial charge in [-0.15, -0.1) is 0 Å². The number of amides is 1. The fraction of sp³-hybridized carbons (Fsp3) is 0.923. The number of nitrogens with two attached hydrogens (primary N) is 1. The Balaban J connectivity index is 3.05. The molecule has 1 amide bonds. The highest BCUT2D eigenvalue weighted by Crippen LogP contribution is 2.09. The summed E-state index contributed by atoms with van der Waals surface area (Å²) in [5.41, 5.74) is 5.30. The standard InChI is InChI=1S/C13H28N2O/c1-2-3-4-5-6-7-8-9-10-13(16)15-12-11-14/h2-12,14H2,1H3,(H,15,16). The monoisotopic (exact) mass is 228 g/mol. The van der Waals surface area contributed by atoms with E-state index in [1.807, 2.05) is 0 Å². The molecule has 0 spiro atoms. The van der Waals surface area contributed by atoms with Gasteiger partial charge in [0.25, 0.3) is 0 Å². The lowest BCUT2D eigenvalue weighted by atomic mass is 10.1. The summed E-state index contributed by atoms with van der Waals surface area (Å²) in [5.74, 6) is 0.149. The molecule has 0 bridgehead atoms. The zero-order valence-corrected chi connectivity index (χ0v) is 10.8. The number of carbonyl (C=O) groups excluding carboxylic acids is 1. The van der Waals surface area contributed by atoms with Crippen LogP contribution in [0.5, 0.6) is 0 Å². The zero-order chi connectivity index (χ0) is 12.1. The summed E-state index contributed by atoms with van der Waals surface area (Å²) < 4.78 is 0. The summed E-state index contributed by atoms with van der Waals surface area (Å²) in [4.78, 5) is 11.2. The summed E-state index contributed by atoms with van der Waals surface area (Å²) in [7, 11) is 0. The molecule has 0 aromatic carbocycles. The lowest BCUT2D eigenvalue weighted by Crippen LogP contribution is -2.28. The molecular weight excluding hydrogens is 200 g/mol. The maximum Gasteiger partial charge on any atom is 0.220 e. The highest BCUT2D eigenvalue weighted by molar-refractivity contribution is 5.75. The van der Waals surface area contributed by atoms with E-state index in [0.29, 0.717) is 19.5 Å². The molecule has 0 aliphatic rings. The van der Waals surface area contributed by atoms with Crippen LogP contribution < -0.4 is 11.1 Å². The van der Waals surface area contributed by atoms with Gasteiger partial charge in [-0.2, -0.15) is 0 Å². The molecule has 3 N–H and O–H groups in total. The first kappa shape index (κ1) is 15.4. The molecule has 96 valence electrons. The number of hydrogen-bond donors (Lipinski definition) is 2. The van der Waals surface area contributed by atoms with Gasteiger partial charge in [-0.05, 0) is 6.42 Å². The summed E-state index contributed by atoms with van der Waals surface area (Å²) in [6, 6.07) is 0. The van der Waals surface area contributed by atoms with Crippen molar-refractivity contribution in [3.63, 3.8) is 0 Å². The SMILES string of the molecule is CCCCCCCCCCC(=O)NCCN. The summed E-state index contributed by atoms with van der Waals surface area (Å²) in [6.07, 6.45) is 10.9. The molecule has 0 fully saturated rings. The predicted molar refractivity (Wildman–Crippen MR) is 69.3 cm³/mol. The molecule has 3 heteroatoms. The van der Waals surface area contributed by atoms with Crippen LogP contribution >= 0.6 is 0 Å². The highest BCUT2D eigenvalue weighted by Gasteiger charge is 1.99. The average molecular weight is 228 g/mol. The van der Waals surface area contributed by atoms with Crippen molar-refractivity contribution in [2.24, 2.45) is 5.73 Å². The number of carbonyl (C=O) groups is 1. The van der Waals surface area contributed by atoms with E-state index in [4.69, 9.17) is 5.73 Å². The minimum atomic E-state index is 0.149. The Bertz CT molecular complexity index is 160. The molecule has 0 atom stereocenters. The maximum absolute atomic E-state index is 11.2. The van der Waals surface area contributed by atoms with Gasteiger partial charge in [0.2, 0.25) is 5.91 Å². The minimum absolute atomic E-state index is 0.149. The van der Waals surface area contributed by atoms with Gasteiger partial charge in [-0.1, -0.05) is 51.9 Å². The van der Waals surface area contributed by atoms with Crippen molar-refractivity contribution in [2.45, 2.75) is 64.7 Å². The number of hydrogen-bond acceptors (Lipinski definition) is 2. The van der Waals surface area contributed by atoms with Crippen molar-refractivity contribution in [2.75, 3.05) is 13.1 Å². The van der Waals surface area contributed by atoms with Crippen LogP contribution in [0.2, 0.25) is 0 Å². The highest BCUT2D eigenvalue weighted by atomic mass is 16.1. The van der Waals surface area contributed by atoms with Gasteiger partial charge in [0.05, 0.1) is 0 Å². The van der Waals surface area contributed by atoms with Crippen LogP contribution in [0.15, 0.2) is 0 Å². The minimum Gasteiger partial charge on any atom is -0.355 e. The quantitative estimate of drug-likeness (QED) is 0.534. The molecule has 0 aromatic heterocycles. The zero-order valence-electron chi connectivity index (χ0n) is 10.8. The molecule has 0 rings (SSSR count). The molecule has 0 saturated carbocycles. The number of nitrogens with one attached hydrogen (secondary N) is 1. The van der Waals surface area contributed by atoms with Crippen molar-refractivity contribution in [1.29, 1.82) is 0 Å². The summed E-state index contributed by atoms with van der Waals surface area (Å²) in [5, 5.41) is 2.79. The lowest BCUT2D eigenvalue weighted by Gasteiger charge is -2.03. The van der Waals surface area contributed by atoms with Crippen LogP contribution in [-0.2, 0) is 4.79 Å². The van der Waals surface area contributed by atoms with Crippen molar-refractivity contribution >= 4 is 5.91 Å². The van der Waals surface area contributed by atoms with Crippen LogP contribution in [0.4, 0.5) is 0 Å². The Morgan fingerprint density at radius 2 is 1.56 bits per heavy atom. The van der Waals surface area contributed by atoms with E-state index in [9.17, 15) is 4.79 Å². The van der Waals surface area contributed by atoms with Gasteiger partial charge < -0.3 is 11.1 Å². The van der Waals surface area contributed by atoms with Gasteiger partial charge >= 0.3 is 0 Å². The number of rotatable bonds is 11. The average Bonchev–Trinajstić information content (AvgIpc) is 2.30. The Morgan fingerprint density at radius 1 is 1.00 bits per heavy atom. The van der Waals surface area contributed by atoms with Crippen molar-refractivity contribution in [3.8, 4) is 0 Å². The largest absolute Gasteiger partial charge is 0.355 e. The Labute approximate surface area is 100 Å². The van der Waals surface area contributed by atoms with E-state index >= 15 is 0 Å². The van der Waals surface area contributed by atoms with Gasteiger partial charge in [-0.25, -0.2) is 0 Å². The van der Waals surface area contributed by atoms with Gasteiger partial charge in [-0.3, -0.25) is 4.79 Å².